The standard InChI is InChI=1S/C13H28N2O3/c1-5-7-15(8-6-2)13(17)10-14(3)9-12(16)11-18-4/h12,16H,5-11H2,1-4H3. The van der Waals surface area contributed by atoms with E-state index in [1.807, 2.05) is 16.8 Å². The van der Waals surface area contributed by atoms with Crippen LogP contribution in [0.1, 0.15) is 26.7 Å². The van der Waals surface area contributed by atoms with Crippen LogP contribution in [0.4, 0.5) is 0 Å². The molecule has 0 fully saturated rings. The monoisotopic (exact) mass is 260 g/mol. The molecule has 18 heavy (non-hydrogen) atoms. The number of carbonyl (C=O) groups is 1. The lowest BCUT2D eigenvalue weighted by Gasteiger charge is -2.25. The maximum atomic E-state index is 12.0. The number of ether oxygens (including phenoxy) is 1. The lowest BCUT2D eigenvalue weighted by Crippen LogP contribution is -2.42. The molecule has 1 amide bonds. The first-order valence-corrected chi connectivity index (χ1v) is 6.68. The number of methoxy groups -OCH3 is 1. The second-order valence-corrected chi connectivity index (χ2v) is 4.69. The molecule has 0 rings (SSSR count). The number of hydrogen-bond donors (Lipinski definition) is 1. The maximum Gasteiger partial charge on any atom is 0.236 e. The van der Waals surface area contributed by atoms with Crippen LogP contribution in [-0.2, 0) is 9.53 Å². The molecular formula is C13H28N2O3. The van der Waals surface area contributed by atoms with E-state index in [-0.39, 0.29) is 5.91 Å². The van der Waals surface area contributed by atoms with Gasteiger partial charge in [0.2, 0.25) is 5.91 Å². The molecule has 0 aromatic rings. The topological polar surface area (TPSA) is 53.0 Å². The first-order valence-electron chi connectivity index (χ1n) is 6.68. The van der Waals surface area contributed by atoms with Crippen molar-refractivity contribution in [2.24, 2.45) is 0 Å². The molecule has 0 aliphatic carbocycles. The minimum absolute atomic E-state index is 0.130. The summed E-state index contributed by atoms with van der Waals surface area (Å²) in [5.74, 6) is 0.130. The number of amides is 1. The van der Waals surface area contributed by atoms with Crippen LogP contribution in [0.5, 0.6) is 0 Å². The van der Waals surface area contributed by atoms with E-state index >= 15 is 0 Å². The molecule has 0 heterocycles. The minimum atomic E-state index is -0.543. The van der Waals surface area contributed by atoms with Gasteiger partial charge in [-0.3, -0.25) is 9.69 Å². The summed E-state index contributed by atoms with van der Waals surface area (Å²) >= 11 is 0. The number of likely N-dealkylation sites (N-methyl/N-ethyl adjacent to an activating group) is 1. The van der Waals surface area contributed by atoms with Gasteiger partial charge in [-0.25, -0.2) is 0 Å². The van der Waals surface area contributed by atoms with Gasteiger partial charge in [-0.1, -0.05) is 13.8 Å². The summed E-state index contributed by atoms with van der Waals surface area (Å²) in [5.41, 5.74) is 0. The van der Waals surface area contributed by atoms with Gasteiger partial charge in [0.05, 0.1) is 19.3 Å². The molecule has 1 N–H and O–H groups in total. The molecule has 1 unspecified atom stereocenters. The Bertz CT molecular complexity index is 218. The highest BCUT2D eigenvalue weighted by Crippen LogP contribution is 1.98. The molecule has 0 bridgehead atoms. The highest BCUT2D eigenvalue weighted by Gasteiger charge is 2.15. The minimum Gasteiger partial charge on any atom is -0.389 e. The van der Waals surface area contributed by atoms with E-state index in [4.69, 9.17) is 4.74 Å². The largest absolute Gasteiger partial charge is 0.389 e. The van der Waals surface area contributed by atoms with Crippen molar-refractivity contribution in [2.45, 2.75) is 32.8 Å². The van der Waals surface area contributed by atoms with Crippen molar-refractivity contribution in [1.82, 2.24) is 9.80 Å². The molecule has 0 aliphatic heterocycles. The smallest absolute Gasteiger partial charge is 0.236 e. The quantitative estimate of drug-likeness (QED) is 0.624. The Kier molecular flexibility index (Phi) is 9.92. The van der Waals surface area contributed by atoms with Crippen LogP contribution < -0.4 is 0 Å². The van der Waals surface area contributed by atoms with Crippen molar-refractivity contribution < 1.29 is 14.6 Å². The van der Waals surface area contributed by atoms with E-state index in [2.05, 4.69) is 13.8 Å². The summed E-state index contributed by atoms with van der Waals surface area (Å²) in [6.45, 7) is 6.85. The Labute approximate surface area is 111 Å². The zero-order valence-electron chi connectivity index (χ0n) is 12.2. The summed E-state index contributed by atoms with van der Waals surface area (Å²) in [6.07, 6.45) is 1.40. The van der Waals surface area contributed by atoms with Crippen molar-refractivity contribution >= 4 is 5.91 Å². The fourth-order valence-corrected chi connectivity index (χ4v) is 1.90. The van der Waals surface area contributed by atoms with Gasteiger partial charge >= 0.3 is 0 Å². The Balaban J connectivity index is 4.09. The van der Waals surface area contributed by atoms with Crippen LogP contribution in [0.2, 0.25) is 0 Å². The van der Waals surface area contributed by atoms with E-state index in [1.54, 1.807) is 7.11 Å². The second kappa shape index (κ2) is 10.3. The van der Waals surface area contributed by atoms with Gasteiger partial charge in [0, 0.05) is 26.7 Å². The van der Waals surface area contributed by atoms with Gasteiger partial charge in [-0.2, -0.15) is 0 Å². The summed E-state index contributed by atoms with van der Waals surface area (Å²) < 4.78 is 4.86. The lowest BCUT2D eigenvalue weighted by atomic mass is 10.3. The van der Waals surface area contributed by atoms with E-state index in [1.165, 1.54) is 0 Å². The first kappa shape index (κ1) is 17.4. The molecule has 0 saturated heterocycles. The highest BCUT2D eigenvalue weighted by atomic mass is 16.5. The van der Waals surface area contributed by atoms with Crippen molar-refractivity contribution in [2.75, 3.05) is 46.9 Å². The lowest BCUT2D eigenvalue weighted by molar-refractivity contribution is -0.132. The normalized spacial score (nSPS) is 12.8. The van der Waals surface area contributed by atoms with E-state index < -0.39 is 6.10 Å². The van der Waals surface area contributed by atoms with Gasteiger partial charge < -0.3 is 14.7 Å². The van der Waals surface area contributed by atoms with Crippen LogP contribution in [0.25, 0.3) is 0 Å². The van der Waals surface area contributed by atoms with Gasteiger partial charge in [0.15, 0.2) is 0 Å². The van der Waals surface area contributed by atoms with Crippen molar-refractivity contribution in [3.05, 3.63) is 0 Å². The number of carbonyl (C=O) groups excluding carboxylic acids is 1. The SMILES string of the molecule is CCCN(CCC)C(=O)CN(C)CC(O)COC. The zero-order valence-corrected chi connectivity index (χ0v) is 12.2. The molecule has 1 atom stereocenters. The van der Waals surface area contributed by atoms with Crippen LogP contribution in [-0.4, -0.2) is 73.9 Å². The summed E-state index contributed by atoms with van der Waals surface area (Å²) in [6, 6.07) is 0. The molecule has 5 heteroatoms. The molecule has 108 valence electrons. The Morgan fingerprint density at radius 2 is 1.83 bits per heavy atom. The van der Waals surface area contributed by atoms with Crippen molar-refractivity contribution in [1.29, 1.82) is 0 Å². The van der Waals surface area contributed by atoms with Crippen LogP contribution in [0, 0.1) is 0 Å². The predicted molar refractivity (Wildman–Crippen MR) is 72.5 cm³/mol. The predicted octanol–water partition coefficient (Wildman–Crippen LogP) is 0.574. The average Bonchev–Trinajstić information content (AvgIpc) is 2.28. The third-order valence-corrected chi connectivity index (χ3v) is 2.63. The van der Waals surface area contributed by atoms with Gasteiger partial charge in [0.25, 0.3) is 0 Å². The average molecular weight is 260 g/mol. The van der Waals surface area contributed by atoms with Crippen molar-refractivity contribution in [3.63, 3.8) is 0 Å². The summed E-state index contributed by atoms with van der Waals surface area (Å²) in [7, 11) is 3.39. The molecule has 0 aromatic carbocycles. The number of rotatable bonds is 10. The third kappa shape index (κ3) is 7.63. The van der Waals surface area contributed by atoms with Crippen LogP contribution in [0.15, 0.2) is 0 Å². The number of aliphatic hydroxyl groups is 1. The van der Waals surface area contributed by atoms with Crippen LogP contribution in [0.3, 0.4) is 0 Å². The summed E-state index contributed by atoms with van der Waals surface area (Å²) in [4.78, 5) is 15.8. The number of nitrogens with zero attached hydrogens (tertiary/aromatic N) is 2. The first-order chi connectivity index (χ1) is 8.54. The second-order valence-electron chi connectivity index (χ2n) is 4.69. The Morgan fingerprint density at radius 3 is 2.28 bits per heavy atom. The number of hydrogen-bond acceptors (Lipinski definition) is 4. The molecular weight excluding hydrogens is 232 g/mol. The van der Waals surface area contributed by atoms with Crippen molar-refractivity contribution in [3.8, 4) is 0 Å². The Hall–Kier alpha value is -0.650. The van der Waals surface area contributed by atoms with E-state index in [9.17, 15) is 9.90 Å². The molecule has 0 aromatic heterocycles. The fraction of sp³-hybridized carbons (Fsp3) is 0.923. The maximum absolute atomic E-state index is 12.0. The fourth-order valence-electron chi connectivity index (χ4n) is 1.90. The molecule has 0 spiro atoms. The van der Waals surface area contributed by atoms with E-state index in [0.29, 0.717) is 19.7 Å². The molecule has 0 radical (unpaired) electrons. The molecule has 5 nitrogen and oxygen atoms in total. The molecule has 0 saturated carbocycles. The van der Waals surface area contributed by atoms with Gasteiger partial charge in [-0.15, -0.1) is 0 Å². The highest BCUT2D eigenvalue weighted by molar-refractivity contribution is 5.78. The Morgan fingerprint density at radius 1 is 1.28 bits per heavy atom. The van der Waals surface area contributed by atoms with Crippen LogP contribution >= 0.6 is 0 Å². The summed E-state index contributed by atoms with van der Waals surface area (Å²) in [5, 5.41) is 9.59. The number of aliphatic hydroxyl groups excluding tert-OH is 1. The van der Waals surface area contributed by atoms with E-state index in [0.717, 1.165) is 25.9 Å². The zero-order chi connectivity index (χ0) is 14.0. The molecule has 0 aliphatic rings. The van der Waals surface area contributed by atoms with Gasteiger partial charge in [0.1, 0.15) is 0 Å². The van der Waals surface area contributed by atoms with Gasteiger partial charge in [-0.05, 0) is 19.9 Å². The third-order valence-electron chi connectivity index (χ3n) is 2.63.